The molecule has 0 aliphatic heterocycles. The van der Waals surface area contributed by atoms with Crippen molar-refractivity contribution in [2.24, 2.45) is 0 Å². The number of aryl methyl sites for hydroxylation is 1. The van der Waals surface area contributed by atoms with E-state index in [9.17, 15) is 0 Å². The predicted molar refractivity (Wildman–Crippen MR) is 93.1 cm³/mol. The molecule has 1 aromatic carbocycles. The Balaban J connectivity index is 0.000000641. The second-order valence-corrected chi connectivity index (χ2v) is 4.60. The van der Waals surface area contributed by atoms with Crippen LogP contribution in [0.1, 0.15) is 59.1 Å². The van der Waals surface area contributed by atoms with Crippen molar-refractivity contribution in [2.45, 2.75) is 54.9 Å². The van der Waals surface area contributed by atoms with Crippen molar-refractivity contribution >= 4 is 16.5 Å². The van der Waals surface area contributed by atoms with E-state index in [1.807, 2.05) is 20.0 Å². The van der Waals surface area contributed by atoms with Crippen LogP contribution in [0.25, 0.3) is 16.5 Å². The Morgan fingerprint density at radius 3 is 2.30 bits per heavy atom. The van der Waals surface area contributed by atoms with E-state index in [0.29, 0.717) is 0 Å². The van der Waals surface area contributed by atoms with Gasteiger partial charge in [0.15, 0.2) is 0 Å². The number of pyridine rings is 1. The Morgan fingerprint density at radius 1 is 1.15 bits per heavy atom. The molecule has 110 valence electrons. The van der Waals surface area contributed by atoms with Gasteiger partial charge in [0.2, 0.25) is 0 Å². The zero-order valence-corrected chi connectivity index (χ0v) is 14.1. The third kappa shape index (κ3) is 5.56. The highest BCUT2D eigenvalue weighted by Gasteiger charge is 1.99. The third-order valence-corrected chi connectivity index (χ3v) is 2.73. The number of hydrogen-bond donors (Lipinski definition) is 0. The lowest BCUT2D eigenvalue weighted by Crippen LogP contribution is -1.85. The number of nitrogens with zero attached hydrogens (tertiary/aromatic N) is 1. The van der Waals surface area contributed by atoms with Crippen molar-refractivity contribution < 1.29 is 0 Å². The van der Waals surface area contributed by atoms with Crippen LogP contribution in [0.15, 0.2) is 36.5 Å². The second-order valence-electron chi connectivity index (χ2n) is 4.60. The number of allylic oxidation sites excluding steroid dienone is 2. The van der Waals surface area contributed by atoms with E-state index in [-0.39, 0.29) is 0 Å². The zero-order valence-electron chi connectivity index (χ0n) is 14.1. The average molecular weight is 271 g/mol. The van der Waals surface area contributed by atoms with Crippen LogP contribution < -0.4 is 0 Å². The molecule has 0 N–H and O–H groups in total. The lowest BCUT2D eigenvalue weighted by Gasteiger charge is -2.03. The van der Waals surface area contributed by atoms with Gasteiger partial charge in [0.05, 0.1) is 5.52 Å². The lowest BCUT2D eigenvalue weighted by molar-refractivity contribution is 1.09. The molecule has 1 heterocycles. The smallest absolute Gasteiger partial charge is 0.0705 e. The first kappa shape index (κ1) is 18.4. The molecule has 20 heavy (non-hydrogen) atoms. The van der Waals surface area contributed by atoms with Crippen LogP contribution in [0.4, 0.5) is 0 Å². The fourth-order valence-corrected chi connectivity index (χ4v) is 1.61. The molecule has 0 unspecified atom stereocenters. The SMILES string of the molecule is C/C=C(\C)c1cnc2cc(C)ccc2c1.CC.CCC. The van der Waals surface area contributed by atoms with E-state index < -0.39 is 0 Å². The van der Waals surface area contributed by atoms with Crippen LogP contribution in [-0.4, -0.2) is 4.98 Å². The lowest BCUT2D eigenvalue weighted by atomic mass is 10.1. The molecule has 0 saturated heterocycles. The number of aromatic nitrogens is 1. The molecule has 0 bridgehead atoms. The van der Waals surface area contributed by atoms with Gasteiger partial charge in [-0.15, -0.1) is 0 Å². The highest BCUT2D eigenvalue weighted by molar-refractivity contribution is 5.82. The van der Waals surface area contributed by atoms with Crippen LogP contribution >= 0.6 is 0 Å². The molecule has 2 aromatic rings. The van der Waals surface area contributed by atoms with Crippen molar-refractivity contribution in [1.29, 1.82) is 0 Å². The number of benzene rings is 1. The fourth-order valence-electron chi connectivity index (χ4n) is 1.61. The number of hydrogen-bond acceptors (Lipinski definition) is 1. The van der Waals surface area contributed by atoms with Gasteiger partial charge in [0.1, 0.15) is 0 Å². The van der Waals surface area contributed by atoms with Gasteiger partial charge in [-0.1, -0.05) is 52.3 Å². The molecule has 0 aliphatic carbocycles. The van der Waals surface area contributed by atoms with Gasteiger partial charge in [-0.2, -0.15) is 0 Å². The van der Waals surface area contributed by atoms with Crippen LogP contribution in [0.5, 0.6) is 0 Å². The van der Waals surface area contributed by atoms with E-state index in [1.165, 1.54) is 28.5 Å². The van der Waals surface area contributed by atoms with Crippen LogP contribution in [0, 0.1) is 6.92 Å². The number of fused-ring (bicyclic) bond motifs is 1. The second kappa shape index (κ2) is 10.2. The summed E-state index contributed by atoms with van der Waals surface area (Å²) in [4.78, 5) is 4.47. The summed E-state index contributed by atoms with van der Waals surface area (Å²) in [6.07, 6.45) is 5.30. The Hall–Kier alpha value is -1.63. The third-order valence-electron chi connectivity index (χ3n) is 2.73. The van der Waals surface area contributed by atoms with Crippen LogP contribution in [0.3, 0.4) is 0 Å². The molecule has 0 amide bonds. The quantitative estimate of drug-likeness (QED) is 0.584. The van der Waals surface area contributed by atoms with Gasteiger partial charge < -0.3 is 0 Å². The summed E-state index contributed by atoms with van der Waals surface area (Å²) in [5, 5.41) is 1.21. The summed E-state index contributed by atoms with van der Waals surface area (Å²) in [5.74, 6) is 0. The van der Waals surface area contributed by atoms with E-state index in [2.05, 4.69) is 69.9 Å². The van der Waals surface area contributed by atoms with Gasteiger partial charge in [0, 0.05) is 11.6 Å². The molecule has 2 rings (SSSR count). The predicted octanol–water partition coefficient (Wildman–Crippen LogP) is 6.41. The van der Waals surface area contributed by atoms with Crippen molar-refractivity contribution in [3.05, 3.63) is 47.7 Å². The standard InChI is InChI=1S/C14H15N.C3H8.C2H6/c1-4-11(3)13-8-12-6-5-10(2)7-14(12)15-9-13;1-3-2;1-2/h4-9H,1-3H3;3H2,1-2H3;1-2H3/b11-4+;;. The largest absolute Gasteiger partial charge is 0.256 e. The minimum atomic E-state index is 1.07. The topological polar surface area (TPSA) is 12.9 Å². The summed E-state index contributed by atoms with van der Waals surface area (Å²) in [6.45, 7) is 14.5. The summed E-state index contributed by atoms with van der Waals surface area (Å²) in [6, 6.07) is 8.56. The minimum absolute atomic E-state index is 1.07. The van der Waals surface area contributed by atoms with E-state index in [0.717, 1.165) is 5.52 Å². The van der Waals surface area contributed by atoms with Gasteiger partial charge in [-0.3, -0.25) is 4.98 Å². The van der Waals surface area contributed by atoms with Crippen LogP contribution in [-0.2, 0) is 0 Å². The van der Waals surface area contributed by atoms with Crippen molar-refractivity contribution in [3.63, 3.8) is 0 Å². The molecular weight excluding hydrogens is 242 g/mol. The maximum Gasteiger partial charge on any atom is 0.0705 e. The Bertz CT molecular complexity index is 538. The highest BCUT2D eigenvalue weighted by atomic mass is 14.6. The van der Waals surface area contributed by atoms with Gasteiger partial charge in [-0.05, 0) is 49.6 Å². The molecule has 1 nitrogen and oxygen atoms in total. The molecular formula is C19H29N. The maximum atomic E-state index is 4.47. The van der Waals surface area contributed by atoms with E-state index in [1.54, 1.807) is 0 Å². The molecule has 0 fully saturated rings. The minimum Gasteiger partial charge on any atom is -0.256 e. The van der Waals surface area contributed by atoms with Crippen molar-refractivity contribution in [2.75, 3.05) is 0 Å². The van der Waals surface area contributed by atoms with E-state index >= 15 is 0 Å². The molecule has 0 aliphatic rings. The molecule has 0 radical (unpaired) electrons. The van der Waals surface area contributed by atoms with Gasteiger partial charge in [-0.25, -0.2) is 0 Å². The van der Waals surface area contributed by atoms with Crippen LogP contribution in [0.2, 0.25) is 0 Å². The first-order valence-corrected chi connectivity index (χ1v) is 7.62. The summed E-state index contributed by atoms with van der Waals surface area (Å²) < 4.78 is 0. The van der Waals surface area contributed by atoms with Gasteiger partial charge in [0.25, 0.3) is 0 Å². The monoisotopic (exact) mass is 271 g/mol. The van der Waals surface area contributed by atoms with Gasteiger partial charge >= 0.3 is 0 Å². The molecule has 1 aromatic heterocycles. The van der Waals surface area contributed by atoms with Crippen molar-refractivity contribution in [1.82, 2.24) is 4.98 Å². The maximum absolute atomic E-state index is 4.47. The number of rotatable bonds is 1. The first-order chi connectivity index (χ1) is 9.62. The normalized spacial score (nSPS) is 10.2. The Kier molecular flexibility index (Phi) is 9.36. The Labute approximate surface area is 124 Å². The molecule has 0 atom stereocenters. The summed E-state index contributed by atoms with van der Waals surface area (Å²) >= 11 is 0. The summed E-state index contributed by atoms with van der Waals surface area (Å²) in [5.41, 5.74) is 4.80. The van der Waals surface area contributed by atoms with Crippen molar-refractivity contribution in [3.8, 4) is 0 Å². The molecule has 1 heteroatoms. The molecule has 0 spiro atoms. The van der Waals surface area contributed by atoms with E-state index in [4.69, 9.17) is 0 Å². The summed E-state index contributed by atoms with van der Waals surface area (Å²) in [7, 11) is 0. The first-order valence-electron chi connectivity index (χ1n) is 7.62. The fraction of sp³-hybridized carbons (Fsp3) is 0.421. The zero-order chi connectivity index (χ0) is 15.5. The molecule has 0 saturated carbocycles. The average Bonchev–Trinajstić information content (AvgIpc) is 2.48. The Morgan fingerprint density at radius 2 is 1.75 bits per heavy atom. The highest BCUT2D eigenvalue weighted by Crippen LogP contribution is 2.19.